The van der Waals surface area contributed by atoms with Crippen LogP contribution in [0.4, 0.5) is 0 Å². The molecule has 3 rings (SSSR count). The average molecular weight is 218 g/mol. The van der Waals surface area contributed by atoms with Crippen molar-refractivity contribution in [2.75, 3.05) is 6.61 Å². The van der Waals surface area contributed by atoms with Crippen LogP contribution in [0.2, 0.25) is 0 Å². The molecule has 1 aliphatic heterocycles. The number of hydrogen-bond donors (Lipinski definition) is 0. The number of ether oxygens (including phenoxy) is 2. The minimum absolute atomic E-state index is 0.236. The molecule has 3 heteroatoms. The number of carbonyl (C=O) groups excluding carboxylic acids is 1. The van der Waals surface area contributed by atoms with Gasteiger partial charge >= 0.3 is 5.97 Å². The highest BCUT2D eigenvalue weighted by Gasteiger charge is 2.82. The van der Waals surface area contributed by atoms with Gasteiger partial charge in [0.25, 0.3) is 0 Å². The molecule has 2 aliphatic rings. The Labute approximate surface area is 94.4 Å². The third-order valence-corrected chi connectivity index (χ3v) is 3.40. The van der Waals surface area contributed by atoms with E-state index in [-0.39, 0.29) is 11.6 Å². The van der Waals surface area contributed by atoms with E-state index in [1.54, 1.807) is 0 Å². The number of hydrogen-bond acceptors (Lipinski definition) is 3. The third-order valence-electron chi connectivity index (χ3n) is 3.40. The summed E-state index contributed by atoms with van der Waals surface area (Å²) in [6.45, 7) is 2.21. The number of benzene rings is 1. The molecule has 1 unspecified atom stereocenters. The Morgan fingerprint density at radius 2 is 2.06 bits per heavy atom. The highest BCUT2D eigenvalue weighted by molar-refractivity contribution is 5.87. The molecule has 3 nitrogen and oxygen atoms in total. The molecule has 0 radical (unpaired) electrons. The van der Waals surface area contributed by atoms with E-state index in [4.69, 9.17) is 9.47 Å². The molecule has 0 amide bonds. The second-order valence-electron chi connectivity index (χ2n) is 4.36. The molecule has 1 heterocycles. The summed E-state index contributed by atoms with van der Waals surface area (Å²) >= 11 is 0. The summed E-state index contributed by atoms with van der Waals surface area (Å²) in [5, 5.41) is 0. The van der Waals surface area contributed by atoms with Gasteiger partial charge in [0.05, 0.1) is 6.61 Å². The van der Waals surface area contributed by atoms with Crippen LogP contribution in [0.15, 0.2) is 30.3 Å². The van der Waals surface area contributed by atoms with E-state index >= 15 is 0 Å². The summed E-state index contributed by atoms with van der Waals surface area (Å²) in [6.07, 6.45) is 1.92. The van der Waals surface area contributed by atoms with E-state index < -0.39 is 5.60 Å². The average Bonchev–Trinajstić information content (AvgIpc) is 3.21. The topological polar surface area (TPSA) is 38.8 Å². The zero-order valence-electron chi connectivity index (χ0n) is 9.23. The molecule has 84 valence electrons. The van der Waals surface area contributed by atoms with Crippen molar-refractivity contribution in [3.8, 4) is 0 Å². The first kappa shape index (κ1) is 9.85. The zero-order valence-corrected chi connectivity index (χ0v) is 9.23. The highest BCUT2D eigenvalue weighted by Crippen LogP contribution is 2.70. The van der Waals surface area contributed by atoms with Crippen LogP contribution in [-0.2, 0) is 19.9 Å². The Kier molecular flexibility index (Phi) is 1.89. The molecule has 0 aromatic heterocycles. The second-order valence-corrected chi connectivity index (χ2v) is 4.36. The number of rotatable bonds is 3. The number of carbonyl (C=O) groups is 1. The quantitative estimate of drug-likeness (QED) is 0.575. The maximum atomic E-state index is 12.0. The summed E-state index contributed by atoms with van der Waals surface area (Å²) in [7, 11) is 0. The van der Waals surface area contributed by atoms with Gasteiger partial charge < -0.3 is 9.47 Å². The maximum absolute atomic E-state index is 12.0. The fourth-order valence-corrected chi connectivity index (χ4v) is 2.41. The number of esters is 1. The van der Waals surface area contributed by atoms with Gasteiger partial charge in [0.2, 0.25) is 5.60 Å². The predicted octanol–water partition coefficient (Wildman–Crippen LogP) is 2.01. The minimum atomic E-state index is -0.801. The summed E-state index contributed by atoms with van der Waals surface area (Å²) in [5.74, 6) is -0.237. The van der Waals surface area contributed by atoms with Crippen LogP contribution < -0.4 is 0 Å². The van der Waals surface area contributed by atoms with Gasteiger partial charge in [-0.15, -0.1) is 0 Å². The smallest absolute Gasteiger partial charge is 0.346 e. The Hall–Kier alpha value is -1.35. The van der Waals surface area contributed by atoms with Crippen molar-refractivity contribution in [3.63, 3.8) is 0 Å². The molecule has 1 atom stereocenters. The van der Waals surface area contributed by atoms with E-state index in [1.807, 2.05) is 37.3 Å². The Morgan fingerprint density at radius 1 is 1.38 bits per heavy atom. The van der Waals surface area contributed by atoms with Gasteiger partial charge in [0, 0.05) is 0 Å². The summed E-state index contributed by atoms with van der Waals surface area (Å²) in [4.78, 5) is 12.0. The second kappa shape index (κ2) is 3.08. The van der Waals surface area contributed by atoms with Gasteiger partial charge in [-0.05, 0) is 25.3 Å². The van der Waals surface area contributed by atoms with Gasteiger partial charge in [0.1, 0.15) is 5.60 Å². The van der Waals surface area contributed by atoms with Crippen LogP contribution in [-0.4, -0.2) is 18.2 Å². The van der Waals surface area contributed by atoms with Crippen LogP contribution in [0.3, 0.4) is 0 Å². The van der Waals surface area contributed by atoms with E-state index in [1.165, 1.54) is 0 Å². The molecule has 0 N–H and O–H groups in total. The molecule has 1 aliphatic carbocycles. The molecule has 1 aromatic carbocycles. The van der Waals surface area contributed by atoms with Crippen LogP contribution in [0.1, 0.15) is 25.3 Å². The molecule has 0 bridgehead atoms. The van der Waals surface area contributed by atoms with Crippen molar-refractivity contribution in [2.24, 2.45) is 0 Å². The molecule has 1 aromatic rings. The van der Waals surface area contributed by atoms with E-state index in [0.29, 0.717) is 6.61 Å². The first-order valence-corrected chi connectivity index (χ1v) is 5.68. The van der Waals surface area contributed by atoms with Gasteiger partial charge in [-0.3, -0.25) is 0 Å². The molecule has 2 fully saturated rings. The number of epoxide rings is 1. The van der Waals surface area contributed by atoms with Gasteiger partial charge in [0.15, 0.2) is 0 Å². The summed E-state index contributed by atoms with van der Waals surface area (Å²) in [6, 6.07) is 9.65. The Bertz CT molecular complexity index is 422. The van der Waals surface area contributed by atoms with Crippen molar-refractivity contribution in [1.29, 1.82) is 0 Å². The normalized spacial score (nSPS) is 28.8. The lowest BCUT2D eigenvalue weighted by Gasteiger charge is -2.11. The zero-order chi connectivity index (χ0) is 11.2. The maximum Gasteiger partial charge on any atom is 0.346 e. The van der Waals surface area contributed by atoms with Crippen LogP contribution in [0.25, 0.3) is 0 Å². The van der Waals surface area contributed by atoms with Crippen molar-refractivity contribution in [2.45, 2.75) is 31.0 Å². The first-order valence-electron chi connectivity index (χ1n) is 5.68. The lowest BCUT2D eigenvalue weighted by Crippen LogP contribution is -2.28. The van der Waals surface area contributed by atoms with Crippen molar-refractivity contribution >= 4 is 5.97 Å². The molecule has 16 heavy (non-hydrogen) atoms. The molecular weight excluding hydrogens is 204 g/mol. The van der Waals surface area contributed by atoms with E-state index in [9.17, 15) is 4.79 Å². The fourth-order valence-electron chi connectivity index (χ4n) is 2.41. The van der Waals surface area contributed by atoms with Gasteiger partial charge in [-0.25, -0.2) is 4.79 Å². The summed E-state index contributed by atoms with van der Waals surface area (Å²) in [5.41, 5.74) is -0.115. The highest BCUT2D eigenvalue weighted by atomic mass is 16.7. The molecule has 1 spiro atoms. The monoisotopic (exact) mass is 218 g/mol. The third kappa shape index (κ3) is 1.09. The standard InChI is InChI=1S/C13H14O3/c1-2-15-11(14)13(12(16-13)8-9-12)10-6-4-3-5-7-10/h3-7H,2,8-9H2,1H3. The first-order chi connectivity index (χ1) is 7.75. The molecular formula is C13H14O3. The Morgan fingerprint density at radius 3 is 2.56 bits per heavy atom. The SMILES string of the molecule is CCOC(=O)C1(c2ccccc2)OC12CC2. The van der Waals surface area contributed by atoms with Crippen LogP contribution in [0.5, 0.6) is 0 Å². The summed E-state index contributed by atoms with van der Waals surface area (Å²) < 4.78 is 10.9. The van der Waals surface area contributed by atoms with Crippen LogP contribution in [0, 0.1) is 0 Å². The fraction of sp³-hybridized carbons (Fsp3) is 0.462. The minimum Gasteiger partial charge on any atom is -0.464 e. The Balaban J connectivity index is 1.97. The van der Waals surface area contributed by atoms with Crippen molar-refractivity contribution in [3.05, 3.63) is 35.9 Å². The van der Waals surface area contributed by atoms with E-state index in [2.05, 4.69) is 0 Å². The molecule has 1 saturated carbocycles. The van der Waals surface area contributed by atoms with Crippen LogP contribution >= 0.6 is 0 Å². The largest absolute Gasteiger partial charge is 0.464 e. The lowest BCUT2D eigenvalue weighted by atomic mass is 9.94. The molecule has 1 saturated heterocycles. The van der Waals surface area contributed by atoms with Crippen molar-refractivity contribution < 1.29 is 14.3 Å². The van der Waals surface area contributed by atoms with Gasteiger partial charge in [-0.1, -0.05) is 30.3 Å². The van der Waals surface area contributed by atoms with E-state index in [0.717, 1.165) is 18.4 Å². The van der Waals surface area contributed by atoms with Gasteiger partial charge in [-0.2, -0.15) is 0 Å². The lowest BCUT2D eigenvalue weighted by molar-refractivity contribution is -0.150. The predicted molar refractivity (Wildman–Crippen MR) is 57.8 cm³/mol. The van der Waals surface area contributed by atoms with Crippen molar-refractivity contribution in [1.82, 2.24) is 0 Å².